The van der Waals surface area contributed by atoms with Gasteiger partial charge >= 0.3 is 5.97 Å². The van der Waals surface area contributed by atoms with E-state index in [9.17, 15) is 14.7 Å². The van der Waals surface area contributed by atoms with Crippen molar-refractivity contribution in [2.24, 2.45) is 5.41 Å². The molecule has 0 spiro atoms. The van der Waals surface area contributed by atoms with Crippen molar-refractivity contribution in [2.45, 2.75) is 44.9 Å². The number of rotatable bonds is 5. The van der Waals surface area contributed by atoms with Crippen LogP contribution in [-0.4, -0.2) is 22.1 Å². The van der Waals surface area contributed by atoms with E-state index in [0.29, 0.717) is 5.69 Å². The molecule has 0 aromatic heterocycles. The summed E-state index contributed by atoms with van der Waals surface area (Å²) in [6, 6.07) is 6.35. The predicted octanol–water partition coefficient (Wildman–Crippen LogP) is 3.15. The van der Waals surface area contributed by atoms with E-state index in [1.54, 1.807) is 12.1 Å². The third-order valence-electron chi connectivity index (χ3n) is 4.11. The highest BCUT2D eigenvalue weighted by Gasteiger charge is 2.36. The first-order valence-electron chi connectivity index (χ1n) is 7.30. The van der Waals surface area contributed by atoms with Crippen molar-refractivity contribution in [3.8, 4) is 5.75 Å². The highest BCUT2D eigenvalue weighted by atomic mass is 16.4. The van der Waals surface area contributed by atoms with Crippen molar-refractivity contribution >= 4 is 17.6 Å². The van der Waals surface area contributed by atoms with Crippen LogP contribution < -0.4 is 5.32 Å². The van der Waals surface area contributed by atoms with Crippen LogP contribution in [0.2, 0.25) is 0 Å². The minimum Gasteiger partial charge on any atom is -0.508 e. The molecule has 0 aliphatic heterocycles. The van der Waals surface area contributed by atoms with Crippen LogP contribution in [0.3, 0.4) is 0 Å². The van der Waals surface area contributed by atoms with Crippen LogP contribution in [0.4, 0.5) is 5.69 Å². The Kier molecular flexibility index (Phi) is 4.83. The minimum atomic E-state index is -0.845. The quantitative estimate of drug-likeness (QED) is 0.777. The molecule has 0 radical (unpaired) electrons. The SMILES string of the molecule is O=C(O)CC1(CC(=O)Nc2cccc(O)c2)CCCCC1. The number of benzene rings is 1. The fourth-order valence-electron chi connectivity index (χ4n) is 3.17. The van der Waals surface area contributed by atoms with E-state index in [1.807, 2.05) is 0 Å². The number of amides is 1. The maximum Gasteiger partial charge on any atom is 0.303 e. The van der Waals surface area contributed by atoms with E-state index in [-0.39, 0.29) is 24.5 Å². The van der Waals surface area contributed by atoms with Crippen molar-refractivity contribution in [1.82, 2.24) is 0 Å². The van der Waals surface area contributed by atoms with Crippen LogP contribution in [0.1, 0.15) is 44.9 Å². The number of carboxylic acid groups (broad SMARTS) is 1. The fraction of sp³-hybridized carbons (Fsp3) is 0.500. The summed E-state index contributed by atoms with van der Waals surface area (Å²) in [6.07, 6.45) is 4.89. The highest BCUT2D eigenvalue weighted by molar-refractivity contribution is 5.91. The van der Waals surface area contributed by atoms with Crippen LogP contribution >= 0.6 is 0 Å². The van der Waals surface area contributed by atoms with E-state index < -0.39 is 11.4 Å². The standard InChI is InChI=1S/C16H21NO4/c18-13-6-4-5-12(9-13)17-14(19)10-16(11-15(20)21)7-2-1-3-8-16/h4-6,9,18H,1-3,7-8,10-11H2,(H,17,19)(H,20,21). The molecule has 5 nitrogen and oxygen atoms in total. The Morgan fingerprint density at radius 1 is 1.14 bits per heavy atom. The summed E-state index contributed by atoms with van der Waals surface area (Å²) in [4.78, 5) is 23.3. The van der Waals surface area contributed by atoms with Gasteiger partial charge in [-0.3, -0.25) is 9.59 Å². The molecule has 0 bridgehead atoms. The van der Waals surface area contributed by atoms with Gasteiger partial charge < -0.3 is 15.5 Å². The maximum absolute atomic E-state index is 12.2. The van der Waals surface area contributed by atoms with E-state index >= 15 is 0 Å². The lowest BCUT2D eigenvalue weighted by atomic mass is 9.69. The lowest BCUT2D eigenvalue weighted by Gasteiger charge is -2.35. The average molecular weight is 291 g/mol. The molecule has 0 saturated heterocycles. The zero-order valence-electron chi connectivity index (χ0n) is 12.0. The molecular weight excluding hydrogens is 270 g/mol. The summed E-state index contributed by atoms with van der Waals surface area (Å²) in [6.45, 7) is 0. The van der Waals surface area contributed by atoms with Gasteiger partial charge in [-0.05, 0) is 30.4 Å². The maximum atomic E-state index is 12.2. The van der Waals surface area contributed by atoms with Gasteiger partial charge in [0.05, 0.1) is 6.42 Å². The third-order valence-corrected chi connectivity index (χ3v) is 4.11. The highest BCUT2D eigenvalue weighted by Crippen LogP contribution is 2.42. The molecule has 3 N–H and O–H groups in total. The van der Waals surface area contributed by atoms with Gasteiger partial charge in [-0.2, -0.15) is 0 Å². The van der Waals surface area contributed by atoms with Crippen molar-refractivity contribution in [1.29, 1.82) is 0 Å². The van der Waals surface area contributed by atoms with Crippen molar-refractivity contribution in [3.05, 3.63) is 24.3 Å². The Morgan fingerprint density at radius 2 is 1.86 bits per heavy atom. The number of carboxylic acids is 1. The Hall–Kier alpha value is -2.04. The normalized spacial score (nSPS) is 17.1. The topological polar surface area (TPSA) is 86.6 Å². The molecule has 21 heavy (non-hydrogen) atoms. The van der Waals surface area contributed by atoms with Gasteiger partial charge in [0.15, 0.2) is 0 Å². The first kappa shape index (κ1) is 15.4. The Bertz CT molecular complexity index is 521. The van der Waals surface area contributed by atoms with Gasteiger partial charge in [-0.25, -0.2) is 0 Å². The zero-order chi connectivity index (χ0) is 15.3. The van der Waals surface area contributed by atoms with E-state index in [4.69, 9.17) is 5.11 Å². The van der Waals surface area contributed by atoms with Gasteiger partial charge in [0, 0.05) is 18.2 Å². The Labute approximate surface area is 124 Å². The predicted molar refractivity (Wildman–Crippen MR) is 79.1 cm³/mol. The number of carbonyl (C=O) groups excluding carboxylic acids is 1. The number of aromatic hydroxyl groups is 1. The first-order valence-corrected chi connectivity index (χ1v) is 7.30. The average Bonchev–Trinajstić information content (AvgIpc) is 2.38. The van der Waals surface area contributed by atoms with Crippen LogP contribution in [-0.2, 0) is 9.59 Å². The van der Waals surface area contributed by atoms with Gasteiger partial charge in [0.1, 0.15) is 5.75 Å². The van der Waals surface area contributed by atoms with Gasteiger partial charge in [0.25, 0.3) is 0 Å². The van der Waals surface area contributed by atoms with Gasteiger partial charge in [0.2, 0.25) is 5.91 Å². The zero-order valence-corrected chi connectivity index (χ0v) is 12.0. The fourth-order valence-corrected chi connectivity index (χ4v) is 3.17. The molecule has 5 heteroatoms. The Morgan fingerprint density at radius 3 is 2.48 bits per heavy atom. The number of aliphatic carboxylic acids is 1. The number of phenols is 1. The molecule has 0 unspecified atom stereocenters. The number of phenolic OH excluding ortho intramolecular Hbond substituents is 1. The number of hydrogen-bond donors (Lipinski definition) is 3. The second kappa shape index (κ2) is 6.61. The third kappa shape index (κ3) is 4.48. The van der Waals surface area contributed by atoms with Crippen LogP contribution in [0.5, 0.6) is 5.75 Å². The molecule has 1 saturated carbocycles. The second-order valence-corrected chi connectivity index (χ2v) is 5.91. The molecule has 1 aromatic rings. The molecular formula is C16H21NO4. The summed E-state index contributed by atoms with van der Waals surface area (Å²) in [5.41, 5.74) is 0.103. The molecule has 0 heterocycles. The van der Waals surface area contributed by atoms with E-state index in [0.717, 1.165) is 32.1 Å². The summed E-state index contributed by atoms with van der Waals surface area (Å²) in [7, 11) is 0. The molecule has 0 atom stereocenters. The lowest BCUT2D eigenvalue weighted by molar-refractivity contribution is -0.140. The Balaban J connectivity index is 2.02. The summed E-state index contributed by atoms with van der Waals surface area (Å²) >= 11 is 0. The molecule has 1 amide bonds. The largest absolute Gasteiger partial charge is 0.508 e. The number of anilines is 1. The van der Waals surface area contributed by atoms with Crippen LogP contribution in [0.25, 0.3) is 0 Å². The number of carbonyl (C=O) groups is 2. The molecule has 1 aliphatic rings. The lowest BCUT2D eigenvalue weighted by Crippen LogP contribution is -2.32. The molecule has 1 aliphatic carbocycles. The molecule has 114 valence electrons. The number of nitrogens with one attached hydrogen (secondary N) is 1. The minimum absolute atomic E-state index is 0.0421. The van der Waals surface area contributed by atoms with Gasteiger partial charge in [-0.15, -0.1) is 0 Å². The van der Waals surface area contributed by atoms with Crippen LogP contribution in [0.15, 0.2) is 24.3 Å². The van der Waals surface area contributed by atoms with E-state index in [1.165, 1.54) is 12.1 Å². The van der Waals surface area contributed by atoms with Gasteiger partial charge in [-0.1, -0.05) is 25.3 Å². The van der Waals surface area contributed by atoms with Crippen molar-refractivity contribution in [3.63, 3.8) is 0 Å². The second-order valence-electron chi connectivity index (χ2n) is 5.91. The number of hydrogen-bond acceptors (Lipinski definition) is 3. The summed E-state index contributed by atoms with van der Waals surface area (Å²) in [5.74, 6) is -0.948. The summed E-state index contributed by atoms with van der Waals surface area (Å²) < 4.78 is 0. The summed E-state index contributed by atoms with van der Waals surface area (Å²) in [5, 5.41) is 21.2. The first-order chi connectivity index (χ1) is 9.99. The monoisotopic (exact) mass is 291 g/mol. The smallest absolute Gasteiger partial charge is 0.303 e. The van der Waals surface area contributed by atoms with E-state index in [2.05, 4.69) is 5.32 Å². The van der Waals surface area contributed by atoms with Crippen molar-refractivity contribution in [2.75, 3.05) is 5.32 Å². The van der Waals surface area contributed by atoms with Crippen molar-refractivity contribution < 1.29 is 19.8 Å². The van der Waals surface area contributed by atoms with Crippen LogP contribution in [0, 0.1) is 5.41 Å². The molecule has 1 aromatic carbocycles. The molecule has 1 fully saturated rings. The molecule has 2 rings (SSSR count).